The molecule has 0 saturated carbocycles. The zero-order valence-corrected chi connectivity index (χ0v) is 16.9. The van der Waals surface area contributed by atoms with Gasteiger partial charge in [0.05, 0.1) is 11.6 Å². The summed E-state index contributed by atoms with van der Waals surface area (Å²) in [5, 5.41) is 14.8. The van der Waals surface area contributed by atoms with Gasteiger partial charge in [-0.1, -0.05) is 6.07 Å². The van der Waals surface area contributed by atoms with Crippen molar-refractivity contribution < 1.29 is 19.5 Å². The molecule has 2 amide bonds. The van der Waals surface area contributed by atoms with Crippen molar-refractivity contribution in [1.29, 1.82) is 0 Å². The van der Waals surface area contributed by atoms with E-state index in [-0.39, 0.29) is 35.2 Å². The minimum atomic E-state index is -1.01. The van der Waals surface area contributed by atoms with Crippen LogP contribution in [0, 0.1) is 0 Å². The van der Waals surface area contributed by atoms with Crippen molar-refractivity contribution >= 4 is 48.5 Å². The summed E-state index contributed by atoms with van der Waals surface area (Å²) < 4.78 is 0. The Kier molecular flexibility index (Phi) is 9.62. The summed E-state index contributed by atoms with van der Waals surface area (Å²) in [6.07, 6.45) is 2.51. The first-order valence-corrected chi connectivity index (χ1v) is 9.25. The molecule has 2 aliphatic heterocycles. The Bertz CT molecular complexity index is 674. The number of thiol groups is 1. The van der Waals surface area contributed by atoms with Crippen LogP contribution in [-0.2, 0) is 9.59 Å². The van der Waals surface area contributed by atoms with Gasteiger partial charge in [0.15, 0.2) is 0 Å². The number of carbonyl (C=O) groups is 3. The number of carboxylic acid groups (broad SMARTS) is 1. The van der Waals surface area contributed by atoms with Crippen LogP contribution in [0.1, 0.15) is 36.5 Å². The fourth-order valence-corrected chi connectivity index (χ4v) is 3.23. The highest BCUT2D eigenvalue weighted by Gasteiger charge is 2.27. The first-order valence-electron chi connectivity index (χ1n) is 8.74. The zero-order chi connectivity index (χ0) is 19.1. The smallest absolute Gasteiger partial charge is 0.335 e. The third-order valence-electron chi connectivity index (χ3n) is 4.35. The van der Waals surface area contributed by atoms with Gasteiger partial charge in [-0.25, -0.2) is 4.79 Å². The summed E-state index contributed by atoms with van der Waals surface area (Å²) in [6, 6.07) is 5.92. The van der Waals surface area contributed by atoms with E-state index in [9.17, 15) is 14.4 Å². The van der Waals surface area contributed by atoms with Gasteiger partial charge in [0, 0.05) is 37.0 Å². The highest BCUT2D eigenvalue weighted by molar-refractivity contribution is 7.81. The van der Waals surface area contributed by atoms with E-state index >= 15 is 0 Å². The van der Waals surface area contributed by atoms with Crippen molar-refractivity contribution in [2.75, 3.05) is 25.0 Å². The van der Waals surface area contributed by atoms with Gasteiger partial charge in [-0.15, -0.1) is 12.4 Å². The number of benzene rings is 1. The molecule has 2 saturated heterocycles. The maximum Gasteiger partial charge on any atom is 0.335 e. The number of likely N-dealkylation sites (tertiary alicyclic amines) is 1. The molecule has 0 unspecified atom stereocenters. The van der Waals surface area contributed by atoms with E-state index in [1.165, 1.54) is 12.1 Å². The number of hydrogen-bond donors (Lipinski definition) is 4. The van der Waals surface area contributed by atoms with Crippen LogP contribution in [0.25, 0.3) is 0 Å². The molecule has 150 valence electrons. The zero-order valence-electron chi connectivity index (χ0n) is 15.2. The number of carboxylic acids is 1. The Labute approximate surface area is 170 Å². The molecule has 0 aliphatic carbocycles. The fourth-order valence-electron chi connectivity index (χ4n) is 2.91. The van der Waals surface area contributed by atoms with Crippen LogP contribution in [0.15, 0.2) is 24.3 Å². The number of carbonyl (C=O) groups excluding carboxylic acids is 2. The van der Waals surface area contributed by atoms with Crippen molar-refractivity contribution in [3.8, 4) is 0 Å². The maximum atomic E-state index is 11.9. The molecule has 0 radical (unpaired) electrons. The molecule has 3 rings (SSSR count). The molecule has 1 aromatic carbocycles. The monoisotopic (exact) mass is 415 g/mol. The third kappa shape index (κ3) is 7.04. The van der Waals surface area contributed by atoms with Gasteiger partial charge in [-0.3, -0.25) is 9.59 Å². The van der Waals surface area contributed by atoms with Crippen molar-refractivity contribution in [2.24, 2.45) is 0 Å². The molecule has 9 heteroatoms. The number of amides is 2. The number of rotatable bonds is 4. The van der Waals surface area contributed by atoms with E-state index in [0.29, 0.717) is 24.6 Å². The third-order valence-corrected chi connectivity index (χ3v) is 4.75. The molecule has 0 bridgehead atoms. The minimum absolute atomic E-state index is 0. The van der Waals surface area contributed by atoms with Crippen molar-refractivity contribution in [3.05, 3.63) is 29.8 Å². The molecule has 3 N–H and O–H groups in total. The summed E-state index contributed by atoms with van der Waals surface area (Å²) in [5.41, 5.74) is 0.642. The molecule has 7 nitrogen and oxygen atoms in total. The van der Waals surface area contributed by atoms with Gasteiger partial charge in [-0.2, -0.15) is 12.6 Å². The lowest BCUT2D eigenvalue weighted by Crippen LogP contribution is -2.35. The Morgan fingerprint density at radius 2 is 2.15 bits per heavy atom. The van der Waals surface area contributed by atoms with Gasteiger partial charge < -0.3 is 20.6 Å². The minimum Gasteiger partial charge on any atom is -0.478 e. The molecule has 2 atom stereocenters. The second-order valence-electron chi connectivity index (χ2n) is 6.30. The maximum absolute atomic E-state index is 11.9. The molecule has 2 heterocycles. The van der Waals surface area contributed by atoms with Crippen LogP contribution in [0.2, 0.25) is 0 Å². The van der Waals surface area contributed by atoms with Gasteiger partial charge in [0.2, 0.25) is 11.8 Å². The Hall–Kier alpha value is -1.77. The van der Waals surface area contributed by atoms with E-state index in [0.717, 1.165) is 25.9 Å². The van der Waals surface area contributed by atoms with E-state index in [1.54, 1.807) is 12.1 Å². The molecule has 2 fully saturated rings. The van der Waals surface area contributed by atoms with Crippen LogP contribution in [-0.4, -0.2) is 58.7 Å². The fraction of sp³-hybridized carbons (Fsp3) is 0.500. The first-order chi connectivity index (χ1) is 12.4. The topological polar surface area (TPSA) is 98.7 Å². The number of nitrogens with one attached hydrogen (secondary N) is 2. The Balaban J connectivity index is 0.000000342. The summed E-state index contributed by atoms with van der Waals surface area (Å²) in [4.78, 5) is 35.3. The number of halogens is 1. The summed E-state index contributed by atoms with van der Waals surface area (Å²) in [5.74, 6) is -0.845. The Morgan fingerprint density at radius 1 is 1.41 bits per heavy atom. The van der Waals surface area contributed by atoms with Crippen LogP contribution >= 0.6 is 25.0 Å². The Morgan fingerprint density at radius 3 is 2.63 bits per heavy atom. The summed E-state index contributed by atoms with van der Waals surface area (Å²) in [6.45, 7) is 4.59. The number of anilines is 1. The summed E-state index contributed by atoms with van der Waals surface area (Å²) >= 11 is 4.30. The lowest BCUT2D eigenvalue weighted by molar-refractivity contribution is -0.127. The predicted octanol–water partition coefficient (Wildman–Crippen LogP) is 2.03. The van der Waals surface area contributed by atoms with E-state index < -0.39 is 5.97 Å². The predicted molar refractivity (Wildman–Crippen MR) is 110 cm³/mol. The lowest BCUT2D eigenvalue weighted by Gasteiger charge is -2.11. The van der Waals surface area contributed by atoms with E-state index in [4.69, 9.17) is 5.11 Å². The van der Waals surface area contributed by atoms with Crippen LogP contribution in [0.4, 0.5) is 5.69 Å². The number of aromatic carboxylic acids is 1. The van der Waals surface area contributed by atoms with Crippen molar-refractivity contribution in [1.82, 2.24) is 10.2 Å². The molecular weight excluding hydrogens is 390 g/mol. The highest BCUT2D eigenvalue weighted by atomic mass is 35.5. The first kappa shape index (κ1) is 23.3. The second-order valence-corrected chi connectivity index (χ2v) is 7.03. The molecule has 27 heavy (non-hydrogen) atoms. The van der Waals surface area contributed by atoms with E-state index in [1.807, 2.05) is 11.8 Å². The number of hydrogen-bond acceptors (Lipinski definition) is 5. The van der Waals surface area contributed by atoms with Gasteiger partial charge >= 0.3 is 5.97 Å². The molecule has 1 aromatic rings. The van der Waals surface area contributed by atoms with Crippen LogP contribution in [0.3, 0.4) is 0 Å². The van der Waals surface area contributed by atoms with Crippen molar-refractivity contribution in [3.63, 3.8) is 0 Å². The van der Waals surface area contributed by atoms with Crippen LogP contribution < -0.4 is 10.6 Å². The molecule has 0 spiro atoms. The number of nitrogens with zero attached hydrogens (tertiary/aromatic N) is 1. The standard InChI is InChI=1S/C12H14N2O3S.C6H11NO.ClH/c15-11(10-5-9(18)6-13-10)14-8-3-1-2-7(4-8)12(16)17;1-2-7-5-3-4-6(7)8;/h1-4,9-10,13,18H,5-6H2,(H,14,15)(H,16,17);2-5H2,1H3;1H/t9-,10-;;/m0../s1. The van der Waals surface area contributed by atoms with Gasteiger partial charge in [0.25, 0.3) is 0 Å². The molecule has 0 aromatic heterocycles. The largest absolute Gasteiger partial charge is 0.478 e. The average molecular weight is 416 g/mol. The van der Waals surface area contributed by atoms with Crippen molar-refractivity contribution in [2.45, 2.75) is 37.5 Å². The van der Waals surface area contributed by atoms with E-state index in [2.05, 4.69) is 23.3 Å². The second kappa shape index (κ2) is 11.2. The summed E-state index contributed by atoms with van der Waals surface area (Å²) in [7, 11) is 0. The highest BCUT2D eigenvalue weighted by Crippen LogP contribution is 2.15. The normalized spacial score (nSPS) is 21.1. The quantitative estimate of drug-likeness (QED) is 0.564. The van der Waals surface area contributed by atoms with Gasteiger partial charge in [-0.05, 0) is 38.0 Å². The average Bonchev–Trinajstić information content (AvgIpc) is 3.23. The van der Waals surface area contributed by atoms with Gasteiger partial charge in [0.1, 0.15) is 0 Å². The lowest BCUT2D eigenvalue weighted by atomic mass is 10.2. The molecular formula is C18H26ClN3O4S. The van der Waals surface area contributed by atoms with Crippen LogP contribution in [0.5, 0.6) is 0 Å². The SMILES string of the molecule is CCN1CCCC1=O.Cl.O=C(O)c1cccc(NC(=O)[C@@H]2C[C@H](S)CN2)c1. The molecule has 2 aliphatic rings.